The summed E-state index contributed by atoms with van der Waals surface area (Å²) in [6, 6.07) is 0. The first-order chi connectivity index (χ1) is 15.8. The predicted molar refractivity (Wildman–Crippen MR) is 130 cm³/mol. The van der Waals surface area contributed by atoms with E-state index in [2.05, 4.69) is 26.1 Å². The third kappa shape index (κ3) is 4.94. The molecule has 0 radical (unpaired) electrons. The summed E-state index contributed by atoms with van der Waals surface area (Å²) in [6.07, 6.45) is 8.87. The molecule has 0 bridgehead atoms. The average Bonchev–Trinajstić information content (AvgIpc) is 3.09. The van der Waals surface area contributed by atoms with E-state index in [1.54, 1.807) is 0 Å². The van der Waals surface area contributed by atoms with E-state index in [0.717, 1.165) is 51.4 Å². The number of carbonyl (C=O) groups excluding carboxylic acids is 1. The SMILES string of the molecule is C[C@H](CCC(=O)NCCS(=O)(=O)O)C1CC[C@H]2C3C(CC[C@]12C)[C@@]1(C)CC[C@@H](O)C[C@H]1C[C@H]3O. The van der Waals surface area contributed by atoms with Gasteiger partial charge < -0.3 is 15.5 Å². The lowest BCUT2D eigenvalue weighted by Gasteiger charge is -2.62. The number of nitrogens with one attached hydrogen (secondary N) is 1. The first kappa shape index (κ1) is 26.4. The Labute approximate surface area is 205 Å². The Morgan fingerprint density at radius 3 is 2.41 bits per heavy atom. The molecule has 4 fully saturated rings. The molecule has 3 unspecified atom stereocenters. The molecule has 1 amide bonds. The number of aliphatic hydroxyl groups is 2. The lowest BCUT2D eigenvalue weighted by atomic mass is 9.43. The molecule has 7 nitrogen and oxygen atoms in total. The van der Waals surface area contributed by atoms with Gasteiger partial charge in [-0.3, -0.25) is 9.35 Å². The third-order valence-corrected chi connectivity index (χ3v) is 11.6. The van der Waals surface area contributed by atoms with Crippen LogP contribution in [0.1, 0.15) is 85.0 Å². The smallest absolute Gasteiger partial charge is 0.266 e. The Hall–Kier alpha value is -0.700. The zero-order valence-electron chi connectivity index (χ0n) is 21.1. The molecule has 4 rings (SSSR count). The molecule has 0 aromatic carbocycles. The van der Waals surface area contributed by atoms with E-state index in [1.807, 2.05) is 0 Å². The molecule has 0 heterocycles. The summed E-state index contributed by atoms with van der Waals surface area (Å²) >= 11 is 0. The van der Waals surface area contributed by atoms with Crippen molar-refractivity contribution in [1.29, 1.82) is 0 Å². The first-order valence-electron chi connectivity index (χ1n) is 13.4. The highest BCUT2D eigenvalue weighted by Gasteiger charge is 2.62. The van der Waals surface area contributed by atoms with Gasteiger partial charge in [0.05, 0.1) is 18.0 Å². The van der Waals surface area contributed by atoms with E-state index in [1.165, 1.54) is 6.42 Å². The molecule has 4 aliphatic rings. The van der Waals surface area contributed by atoms with Crippen LogP contribution in [-0.2, 0) is 14.9 Å². The number of fused-ring (bicyclic) bond motifs is 5. The fourth-order valence-corrected chi connectivity index (χ4v) is 9.50. The summed E-state index contributed by atoms with van der Waals surface area (Å²) in [6.45, 7) is 7.05. The molecule has 0 aromatic heterocycles. The van der Waals surface area contributed by atoms with Gasteiger partial charge >= 0.3 is 0 Å². The Morgan fingerprint density at radius 2 is 1.71 bits per heavy atom. The van der Waals surface area contributed by atoms with Crippen LogP contribution in [0.15, 0.2) is 0 Å². The molecule has 10 atom stereocenters. The fourth-order valence-electron chi connectivity index (χ4n) is 9.14. The van der Waals surface area contributed by atoms with E-state index < -0.39 is 15.9 Å². The van der Waals surface area contributed by atoms with Crippen LogP contribution in [0.4, 0.5) is 0 Å². The largest absolute Gasteiger partial charge is 0.393 e. The molecule has 34 heavy (non-hydrogen) atoms. The minimum atomic E-state index is -4.06. The maximum absolute atomic E-state index is 12.2. The molecule has 0 aromatic rings. The van der Waals surface area contributed by atoms with Crippen molar-refractivity contribution in [2.24, 2.45) is 46.3 Å². The van der Waals surface area contributed by atoms with E-state index in [9.17, 15) is 23.4 Å². The highest BCUT2D eigenvalue weighted by molar-refractivity contribution is 7.85. The van der Waals surface area contributed by atoms with Crippen LogP contribution < -0.4 is 5.32 Å². The molecule has 4 saturated carbocycles. The van der Waals surface area contributed by atoms with Gasteiger partial charge in [0.25, 0.3) is 10.1 Å². The highest BCUT2D eigenvalue weighted by Crippen LogP contribution is 2.68. The quantitative estimate of drug-likeness (QED) is 0.398. The van der Waals surface area contributed by atoms with Crippen molar-refractivity contribution < 1.29 is 28.0 Å². The van der Waals surface area contributed by atoms with Crippen molar-refractivity contribution in [3.05, 3.63) is 0 Å². The maximum Gasteiger partial charge on any atom is 0.266 e. The second-order valence-corrected chi connectivity index (χ2v) is 14.2. The molecule has 0 aliphatic heterocycles. The molecular formula is C26H45NO6S. The van der Waals surface area contributed by atoms with Crippen molar-refractivity contribution in [3.8, 4) is 0 Å². The lowest BCUT2D eigenvalue weighted by Crippen LogP contribution is -2.58. The molecule has 4 N–H and O–H groups in total. The van der Waals surface area contributed by atoms with E-state index in [4.69, 9.17) is 4.55 Å². The third-order valence-electron chi connectivity index (χ3n) is 10.9. The van der Waals surface area contributed by atoms with Crippen LogP contribution in [-0.4, -0.2) is 53.6 Å². The van der Waals surface area contributed by atoms with Crippen LogP contribution in [0.5, 0.6) is 0 Å². The van der Waals surface area contributed by atoms with E-state index in [0.29, 0.717) is 41.9 Å². The Kier molecular flexibility index (Phi) is 7.47. The Balaban J connectivity index is 1.39. The molecular weight excluding hydrogens is 454 g/mol. The van der Waals surface area contributed by atoms with Gasteiger partial charge in [-0.15, -0.1) is 0 Å². The summed E-state index contributed by atoms with van der Waals surface area (Å²) < 4.78 is 30.5. The Bertz CT molecular complexity index is 863. The van der Waals surface area contributed by atoms with Gasteiger partial charge in [0.1, 0.15) is 0 Å². The van der Waals surface area contributed by atoms with Gasteiger partial charge in [-0.25, -0.2) is 0 Å². The normalized spacial score (nSPS) is 45.1. The van der Waals surface area contributed by atoms with Gasteiger partial charge in [-0.2, -0.15) is 8.42 Å². The van der Waals surface area contributed by atoms with Crippen molar-refractivity contribution in [3.63, 3.8) is 0 Å². The monoisotopic (exact) mass is 499 g/mol. The number of carbonyl (C=O) groups is 1. The van der Waals surface area contributed by atoms with Crippen LogP contribution in [0.25, 0.3) is 0 Å². The van der Waals surface area contributed by atoms with Crippen LogP contribution in [0.2, 0.25) is 0 Å². The zero-order chi connectivity index (χ0) is 24.9. The minimum Gasteiger partial charge on any atom is -0.393 e. The number of aliphatic hydroxyl groups excluding tert-OH is 2. The van der Waals surface area contributed by atoms with E-state index >= 15 is 0 Å². The second-order valence-electron chi connectivity index (χ2n) is 12.6. The van der Waals surface area contributed by atoms with Gasteiger partial charge in [0, 0.05) is 13.0 Å². The number of hydrogen-bond donors (Lipinski definition) is 4. The van der Waals surface area contributed by atoms with Crippen LogP contribution in [0, 0.1) is 46.3 Å². The standard InChI is InChI=1S/C26H45NO6S/c1-16(4-7-23(30)27-12-13-34(31,32)33)19-5-6-20-24-21(9-11-26(19,20)3)25(2)10-8-18(28)14-17(25)15-22(24)29/h16-22,24,28-29H,4-15H2,1-3H3,(H,27,30)(H,31,32,33)/t16-,17+,18-,19?,20+,21?,22-,24?,25+,26-/m1/s1. The summed E-state index contributed by atoms with van der Waals surface area (Å²) in [5.41, 5.74) is 0.411. The topological polar surface area (TPSA) is 124 Å². The molecule has 196 valence electrons. The van der Waals surface area contributed by atoms with Gasteiger partial charge in [0.2, 0.25) is 5.91 Å². The summed E-state index contributed by atoms with van der Waals surface area (Å²) in [7, 11) is -4.06. The molecule has 0 spiro atoms. The lowest BCUT2D eigenvalue weighted by molar-refractivity contribution is -0.174. The maximum atomic E-state index is 12.2. The number of rotatable bonds is 7. The Morgan fingerprint density at radius 1 is 1.03 bits per heavy atom. The van der Waals surface area contributed by atoms with Crippen molar-refractivity contribution in [2.75, 3.05) is 12.3 Å². The number of hydrogen-bond acceptors (Lipinski definition) is 5. The first-order valence-corrected chi connectivity index (χ1v) is 15.0. The van der Waals surface area contributed by atoms with Gasteiger partial charge in [-0.1, -0.05) is 20.8 Å². The van der Waals surface area contributed by atoms with Gasteiger partial charge in [0.15, 0.2) is 0 Å². The second kappa shape index (κ2) is 9.64. The van der Waals surface area contributed by atoms with E-state index in [-0.39, 0.29) is 35.5 Å². The molecule has 0 saturated heterocycles. The molecule has 4 aliphatic carbocycles. The summed E-state index contributed by atoms with van der Waals surface area (Å²) in [5.74, 6) is 2.10. The van der Waals surface area contributed by atoms with Gasteiger partial charge in [-0.05, 0) is 104 Å². The van der Waals surface area contributed by atoms with Crippen LogP contribution >= 0.6 is 0 Å². The summed E-state index contributed by atoms with van der Waals surface area (Å²) in [4.78, 5) is 12.2. The molecule has 8 heteroatoms. The number of amides is 1. The highest BCUT2D eigenvalue weighted by atomic mass is 32.2. The zero-order valence-corrected chi connectivity index (χ0v) is 21.9. The van der Waals surface area contributed by atoms with Crippen LogP contribution in [0.3, 0.4) is 0 Å². The minimum absolute atomic E-state index is 0.0625. The predicted octanol–water partition coefficient (Wildman–Crippen LogP) is 3.40. The van der Waals surface area contributed by atoms with Crippen molar-refractivity contribution in [2.45, 2.75) is 97.2 Å². The average molecular weight is 500 g/mol. The summed E-state index contributed by atoms with van der Waals surface area (Å²) in [5, 5.41) is 24.2. The van der Waals surface area contributed by atoms with Crippen molar-refractivity contribution in [1.82, 2.24) is 5.32 Å². The van der Waals surface area contributed by atoms with Crippen molar-refractivity contribution >= 4 is 16.0 Å². The fraction of sp³-hybridized carbons (Fsp3) is 0.962.